The summed E-state index contributed by atoms with van der Waals surface area (Å²) in [6.45, 7) is 0. The largest absolute Gasteiger partial charge is 0.324 e. The zero-order valence-corrected chi connectivity index (χ0v) is 12.4. The maximum absolute atomic E-state index is 13.0. The Morgan fingerprint density at radius 1 is 1.08 bits per heavy atom. The average molecular weight is 321 g/mol. The van der Waals surface area contributed by atoms with Gasteiger partial charge in [0.2, 0.25) is 5.95 Å². The van der Waals surface area contributed by atoms with Crippen LogP contribution < -0.4 is 5.32 Å². The van der Waals surface area contributed by atoms with Crippen molar-refractivity contribution in [1.82, 2.24) is 20.2 Å². The quantitative estimate of drug-likeness (QED) is 0.541. The summed E-state index contributed by atoms with van der Waals surface area (Å²) in [4.78, 5) is 19.6. The number of benzene rings is 2. The second-order valence-electron chi connectivity index (χ2n) is 5.23. The molecule has 2 heterocycles. The van der Waals surface area contributed by atoms with Crippen LogP contribution in [0.3, 0.4) is 0 Å². The molecule has 4 aromatic rings. The molecule has 7 heteroatoms. The van der Waals surface area contributed by atoms with Gasteiger partial charge in [-0.3, -0.25) is 15.2 Å². The number of H-pyrrole nitrogens is 2. The molecular formula is C17H12FN5O. The van der Waals surface area contributed by atoms with Crippen molar-refractivity contribution < 1.29 is 9.18 Å². The highest BCUT2D eigenvalue weighted by molar-refractivity contribution is 6.03. The Hall–Kier alpha value is -3.48. The molecular weight excluding hydrogens is 309 g/mol. The molecule has 24 heavy (non-hydrogen) atoms. The number of nitrogens with zero attached hydrogens (tertiary/aromatic N) is 2. The Morgan fingerprint density at radius 3 is 2.67 bits per heavy atom. The first-order chi connectivity index (χ1) is 11.7. The minimum Gasteiger partial charge on any atom is -0.324 e. The summed E-state index contributed by atoms with van der Waals surface area (Å²) in [6, 6.07) is 15.0. The van der Waals surface area contributed by atoms with E-state index in [0.29, 0.717) is 11.6 Å². The van der Waals surface area contributed by atoms with Gasteiger partial charge in [0, 0.05) is 5.56 Å². The molecule has 0 fully saturated rings. The molecule has 0 aliphatic heterocycles. The number of imidazole rings is 1. The predicted octanol–water partition coefficient (Wildman–Crippen LogP) is 3.34. The van der Waals surface area contributed by atoms with Gasteiger partial charge in [-0.15, -0.1) is 0 Å². The highest BCUT2D eigenvalue weighted by atomic mass is 19.1. The molecule has 0 aliphatic carbocycles. The maximum Gasteiger partial charge on any atom is 0.275 e. The number of aromatic nitrogens is 4. The number of aromatic amines is 2. The molecule has 2 aromatic carbocycles. The zero-order chi connectivity index (χ0) is 16.5. The summed E-state index contributed by atoms with van der Waals surface area (Å²) in [7, 11) is 0. The molecule has 0 saturated carbocycles. The third kappa shape index (κ3) is 2.63. The van der Waals surface area contributed by atoms with Crippen LogP contribution in [0.25, 0.3) is 22.3 Å². The number of fused-ring (bicyclic) bond motifs is 1. The van der Waals surface area contributed by atoms with Gasteiger partial charge in [0.15, 0.2) is 0 Å². The van der Waals surface area contributed by atoms with Crippen LogP contribution in [-0.4, -0.2) is 26.1 Å². The van der Waals surface area contributed by atoms with Crippen LogP contribution in [0.15, 0.2) is 54.6 Å². The third-order valence-corrected chi connectivity index (χ3v) is 3.58. The van der Waals surface area contributed by atoms with Crippen LogP contribution in [0.2, 0.25) is 0 Å². The average Bonchev–Trinajstić information content (AvgIpc) is 3.21. The van der Waals surface area contributed by atoms with Crippen LogP contribution >= 0.6 is 0 Å². The van der Waals surface area contributed by atoms with E-state index in [1.54, 1.807) is 18.2 Å². The lowest BCUT2D eigenvalue weighted by Crippen LogP contribution is -2.13. The van der Waals surface area contributed by atoms with Gasteiger partial charge in [0.1, 0.15) is 11.5 Å². The zero-order valence-electron chi connectivity index (χ0n) is 12.4. The van der Waals surface area contributed by atoms with Crippen molar-refractivity contribution in [3.8, 4) is 11.3 Å². The molecule has 4 rings (SSSR count). The van der Waals surface area contributed by atoms with E-state index in [4.69, 9.17) is 0 Å². The highest BCUT2D eigenvalue weighted by Gasteiger charge is 2.13. The number of rotatable bonds is 3. The fourth-order valence-corrected chi connectivity index (χ4v) is 2.39. The van der Waals surface area contributed by atoms with E-state index >= 15 is 0 Å². The number of anilines is 1. The van der Waals surface area contributed by atoms with Crippen LogP contribution in [0.5, 0.6) is 0 Å². The summed E-state index contributed by atoms with van der Waals surface area (Å²) < 4.78 is 13.0. The second kappa shape index (κ2) is 5.62. The lowest BCUT2D eigenvalue weighted by atomic mass is 10.1. The summed E-state index contributed by atoms with van der Waals surface area (Å²) in [6.07, 6.45) is 0. The second-order valence-corrected chi connectivity index (χ2v) is 5.23. The molecule has 3 N–H and O–H groups in total. The lowest BCUT2D eigenvalue weighted by Gasteiger charge is -1.97. The Balaban J connectivity index is 1.55. The molecule has 2 aromatic heterocycles. The minimum atomic E-state index is -0.366. The van der Waals surface area contributed by atoms with Crippen LogP contribution in [0, 0.1) is 5.82 Å². The standard InChI is InChI=1S/C17H12FN5O/c18-11-7-5-10(6-8-11)14-9-15(23-22-14)16(24)21-17-19-12-3-1-2-4-13(12)20-17/h1-9H,(H,22,23)(H2,19,20,21,24). The number of nitrogens with one attached hydrogen (secondary N) is 3. The number of carbonyl (C=O) groups is 1. The molecule has 1 amide bonds. The van der Waals surface area contributed by atoms with Crippen LogP contribution in [0.1, 0.15) is 10.5 Å². The summed E-state index contributed by atoms with van der Waals surface area (Å²) in [5.41, 5.74) is 3.17. The predicted molar refractivity (Wildman–Crippen MR) is 88.0 cm³/mol. The minimum absolute atomic E-state index is 0.287. The number of hydrogen-bond donors (Lipinski definition) is 3. The normalized spacial score (nSPS) is 10.9. The Bertz CT molecular complexity index is 986. The first-order valence-electron chi connectivity index (χ1n) is 7.26. The molecule has 0 radical (unpaired) electrons. The SMILES string of the molecule is O=C(Nc1nc2ccccc2[nH]1)c1cc(-c2ccc(F)cc2)n[nH]1. The molecule has 0 bridgehead atoms. The fraction of sp³-hybridized carbons (Fsp3) is 0. The van der Waals surface area contributed by atoms with E-state index in [1.165, 1.54) is 12.1 Å². The van der Waals surface area contributed by atoms with E-state index in [9.17, 15) is 9.18 Å². The van der Waals surface area contributed by atoms with Crippen molar-refractivity contribution in [3.05, 3.63) is 66.1 Å². The Kier molecular flexibility index (Phi) is 3.31. The van der Waals surface area contributed by atoms with Gasteiger partial charge in [0.25, 0.3) is 5.91 Å². The number of amides is 1. The maximum atomic E-state index is 13.0. The van der Waals surface area contributed by atoms with E-state index in [0.717, 1.165) is 16.6 Å². The van der Waals surface area contributed by atoms with Crippen molar-refractivity contribution in [2.24, 2.45) is 0 Å². The number of carbonyl (C=O) groups excluding carboxylic acids is 1. The molecule has 0 spiro atoms. The van der Waals surface area contributed by atoms with Crippen molar-refractivity contribution >= 4 is 22.9 Å². The van der Waals surface area contributed by atoms with Crippen molar-refractivity contribution in [3.63, 3.8) is 0 Å². The van der Waals surface area contributed by atoms with Gasteiger partial charge in [-0.05, 0) is 42.5 Å². The van der Waals surface area contributed by atoms with Gasteiger partial charge in [-0.2, -0.15) is 5.10 Å². The lowest BCUT2D eigenvalue weighted by molar-refractivity contribution is 0.102. The Morgan fingerprint density at radius 2 is 1.88 bits per heavy atom. The molecule has 118 valence electrons. The van der Waals surface area contributed by atoms with E-state index in [1.807, 2.05) is 24.3 Å². The molecule has 0 aliphatic rings. The van der Waals surface area contributed by atoms with E-state index in [2.05, 4.69) is 25.5 Å². The van der Waals surface area contributed by atoms with Gasteiger partial charge in [-0.1, -0.05) is 12.1 Å². The van der Waals surface area contributed by atoms with Gasteiger partial charge in [0.05, 0.1) is 16.7 Å². The van der Waals surface area contributed by atoms with Crippen molar-refractivity contribution in [2.75, 3.05) is 5.32 Å². The summed E-state index contributed by atoms with van der Waals surface area (Å²) in [5, 5.41) is 9.44. The fourth-order valence-electron chi connectivity index (χ4n) is 2.39. The van der Waals surface area contributed by atoms with Crippen LogP contribution in [-0.2, 0) is 0 Å². The molecule has 0 saturated heterocycles. The van der Waals surface area contributed by atoms with Gasteiger partial charge < -0.3 is 4.98 Å². The highest BCUT2D eigenvalue weighted by Crippen LogP contribution is 2.19. The first-order valence-corrected chi connectivity index (χ1v) is 7.26. The number of para-hydroxylation sites is 2. The van der Waals surface area contributed by atoms with Gasteiger partial charge in [-0.25, -0.2) is 9.37 Å². The summed E-state index contributed by atoms with van der Waals surface area (Å²) >= 11 is 0. The number of hydrogen-bond acceptors (Lipinski definition) is 3. The van der Waals surface area contributed by atoms with E-state index < -0.39 is 0 Å². The van der Waals surface area contributed by atoms with Crippen LogP contribution in [0.4, 0.5) is 10.3 Å². The number of halogens is 1. The monoisotopic (exact) mass is 321 g/mol. The van der Waals surface area contributed by atoms with Crippen molar-refractivity contribution in [1.29, 1.82) is 0 Å². The third-order valence-electron chi connectivity index (χ3n) is 3.58. The topological polar surface area (TPSA) is 86.5 Å². The molecule has 0 atom stereocenters. The Labute approximate surface area is 135 Å². The van der Waals surface area contributed by atoms with E-state index in [-0.39, 0.29) is 17.4 Å². The first kappa shape index (κ1) is 14.1. The van der Waals surface area contributed by atoms with Crippen molar-refractivity contribution in [2.45, 2.75) is 0 Å². The smallest absolute Gasteiger partial charge is 0.275 e. The summed E-state index contributed by atoms with van der Waals surface area (Å²) in [5.74, 6) is -0.328. The molecule has 0 unspecified atom stereocenters. The molecule has 6 nitrogen and oxygen atoms in total. The van der Waals surface area contributed by atoms with Gasteiger partial charge >= 0.3 is 0 Å².